The molecule has 1 aliphatic carbocycles. The topological polar surface area (TPSA) is 87.9 Å². The monoisotopic (exact) mass is 345 g/mol. The maximum atomic E-state index is 13.0. The van der Waals surface area contributed by atoms with Crippen molar-refractivity contribution in [2.24, 2.45) is 11.8 Å². The number of H-pyrrole nitrogens is 1. The first-order valence-corrected chi connectivity index (χ1v) is 9.14. The molecule has 7 nitrogen and oxygen atoms in total. The molecular formula is C18H27N5O2. The highest BCUT2D eigenvalue weighted by Gasteiger charge is 2.28. The number of fused-ring (bicyclic) bond motifs is 1. The Morgan fingerprint density at radius 1 is 1.44 bits per heavy atom. The number of amides is 1. The van der Waals surface area contributed by atoms with Crippen molar-refractivity contribution in [3.8, 4) is 0 Å². The van der Waals surface area contributed by atoms with E-state index in [1.54, 1.807) is 4.90 Å². The molecule has 3 rings (SSSR count). The largest absolute Gasteiger partial charge is 0.339 e. The lowest BCUT2D eigenvalue weighted by molar-refractivity contribution is 0.0740. The smallest absolute Gasteiger partial charge is 0.275 e. The van der Waals surface area contributed by atoms with Crippen molar-refractivity contribution in [3.05, 3.63) is 28.7 Å². The van der Waals surface area contributed by atoms with Crippen LogP contribution in [0.1, 0.15) is 67.6 Å². The highest BCUT2D eigenvalue weighted by Crippen LogP contribution is 2.27. The second-order valence-corrected chi connectivity index (χ2v) is 7.40. The normalized spacial score (nSPS) is 16.9. The number of aromatic amines is 1. The summed E-state index contributed by atoms with van der Waals surface area (Å²) in [5, 5.41) is 11.4. The van der Waals surface area contributed by atoms with Crippen molar-refractivity contribution in [2.75, 3.05) is 6.54 Å². The predicted molar refractivity (Wildman–Crippen MR) is 93.0 cm³/mol. The van der Waals surface area contributed by atoms with Gasteiger partial charge in [0.05, 0.1) is 6.54 Å². The van der Waals surface area contributed by atoms with Crippen LogP contribution in [0.25, 0.3) is 0 Å². The van der Waals surface area contributed by atoms with E-state index in [0.717, 1.165) is 36.9 Å². The Morgan fingerprint density at radius 2 is 2.24 bits per heavy atom. The summed E-state index contributed by atoms with van der Waals surface area (Å²) in [5.41, 5.74) is 2.74. The van der Waals surface area contributed by atoms with Gasteiger partial charge in [-0.15, -0.1) is 0 Å². The molecule has 0 spiro atoms. The predicted octanol–water partition coefficient (Wildman–Crippen LogP) is 2.78. The molecule has 1 atom stereocenters. The highest BCUT2D eigenvalue weighted by molar-refractivity contribution is 5.94. The van der Waals surface area contributed by atoms with Crippen molar-refractivity contribution < 1.29 is 9.32 Å². The first kappa shape index (κ1) is 17.6. The summed E-state index contributed by atoms with van der Waals surface area (Å²) >= 11 is 0. The Morgan fingerprint density at radius 3 is 2.96 bits per heavy atom. The van der Waals surface area contributed by atoms with Gasteiger partial charge in [-0.05, 0) is 38.0 Å². The minimum absolute atomic E-state index is 0.0655. The molecule has 1 N–H and O–H groups in total. The van der Waals surface area contributed by atoms with Crippen molar-refractivity contribution in [3.63, 3.8) is 0 Å². The summed E-state index contributed by atoms with van der Waals surface area (Å²) in [5.74, 6) is 2.14. The Bertz CT molecular complexity index is 734. The molecule has 0 radical (unpaired) electrons. The quantitative estimate of drug-likeness (QED) is 0.870. The van der Waals surface area contributed by atoms with E-state index in [2.05, 4.69) is 41.1 Å². The number of nitrogens with zero attached hydrogens (tertiary/aromatic N) is 4. The van der Waals surface area contributed by atoms with Gasteiger partial charge in [0.1, 0.15) is 0 Å². The number of hydrogen-bond acceptors (Lipinski definition) is 5. The van der Waals surface area contributed by atoms with Gasteiger partial charge < -0.3 is 9.42 Å². The maximum Gasteiger partial charge on any atom is 0.275 e. The molecule has 1 amide bonds. The van der Waals surface area contributed by atoms with Crippen LogP contribution in [0.4, 0.5) is 0 Å². The van der Waals surface area contributed by atoms with Gasteiger partial charge in [-0.3, -0.25) is 9.89 Å². The Hall–Kier alpha value is -2.18. The average Bonchev–Trinajstić information content (AvgIpc) is 3.17. The van der Waals surface area contributed by atoms with E-state index in [1.807, 2.05) is 6.92 Å². The van der Waals surface area contributed by atoms with Gasteiger partial charge in [0.2, 0.25) is 5.89 Å². The fourth-order valence-electron chi connectivity index (χ4n) is 3.28. The number of carbonyl (C=O) groups excluding carboxylic acids is 1. The summed E-state index contributed by atoms with van der Waals surface area (Å²) in [7, 11) is 0. The molecule has 1 aliphatic rings. The van der Waals surface area contributed by atoms with Crippen molar-refractivity contribution in [1.82, 2.24) is 25.2 Å². The van der Waals surface area contributed by atoms with Gasteiger partial charge in [-0.1, -0.05) is 25.9 Å². The van der Waals surface area contributed by atoms with E-state index in [0.29, 0.717) is 42.3 Å². The third kappa shape index (κ3) is 3.91. The SMILES string of the molecule is CCN(Cc1noc(CC(C)C)n1)C(=O)c1n[nH]c2c1C[C@@H](C)CC2. The minimum atomic E-state index is -0.0655. The van der Waals surface area contributed by atoms with E-state index >= 15 is 0 Å². The lowest BCUT2D eigenvalue weighted by Gasteiger charge is -2.21. The van der Waals surface area contributed by atoms with Crippen LogP contribution in [0.15, 0.2) is 4.52 Å². The number of aryl methyl sites for hydroxylation is 1. The van der Waals surface area contributed by atoms with E-state index in [9.17, 15) is 4.79 Å². The fourth-order valence-corrected chi connectivity index (χ4v) is 3.28. The van der Waals surface area contributed by atoms with Gasteiger partial charge in [0.25, 0.3) is 5.91 Å². The van der Waals surface area contributed by atoms with E-state index in [1.165, 1.54) is 0 Å². The summed E-state index contributed by atoms with van der Waals surface area (Å²) in [6.45, 7) is 9.30. The second-order valence-electron chi connectivity index (χ2n) is 7.40. The Kier molecular flexibility index (Phi) is 5.20. The Labute approximate surface area is 148 Å². The molecule has 136 valence electrons. The van der Waals surface area contributed by atoms with E-state index in [4.69, 9.17) is 4.52 Å². The average molecular weight is 345 g/mol. The van der Waals surface area contributed by atoms with Gasteiger partial charge in [0, 0.05) is 24.2 Å². The van der Waals surface area contributed by atoms with Crippen LogP contribution in [0, 0.1) is 11.8 Å². The van der Waals surface area contributed by atoms with Crippen LogP contribution in [-0.4, -0.2) is 37.7 Å². The van der Waals surface area contributed by atoms with Crippen LogP contribution >= 0.6 is 0 Å². The van der Waals surface area contributed by atoms with E-state index in [-0.39, 0.29) is 5.91 Å². The van der Waals surface area contributed by atoms with Crippen LogP contribution in [0.3, 0.4) is 0 Å². The van der Waals surface area contributed by atoms with Crippen molar-refractivity contribution >= 4 is 5.91 Å². The number of hydrogen-bond donors (Lipinski definition) is 1. The van der Waals surface area contributed by atoms with Crippen molar-refractivity contribution in [1.29, 1.82) is 0 Å². The third-order valence-electron chi connectivity index (χ3n) is 4.69. The fraction of sp³-hybridized carbons (Fsp3) is 0.667. The zero-order valence-corrected chi connectivity index (χ0v) is 15.5. The summed E-state index contributed by atoms with van der Waals surface area (Å²) in [6, 6.07) is 0. The van der Waals surface area contributed by atoms with Crippen molar-refractivity contribution in [2.45, 2.75) is 59.9 Å². The molecule has 2 aromatic rings. The summed E-state index contributed by atoms with van der Waals surface area (Å²) < 4.78 is 5.28. The summed E-state index contributed by atoms with van der Waals surface area (Å²) in [6.07, 6.45) is 3.76. The lowest BCUT2D eigenvalue weighted by Crippen LogP contribution is -2.32. The van der Waals surface area contributed by atoms with Gasteiger partial charge in [-0.2, -0.15) is 10.1 Å². The number of nitrogens with one attached hydrogen (secondary N) is 1. The molecule has 0 unspecified atom stereocenters. The van der Waals surface area contributed by atoms with Gasteiger partial charge >= 0.3 is 0 Å². The van der Waals surface area contributed by atoms with Crippen LogP contribution in [0.2, 0.25) is 0 Å². The van der Waals surface area contributed by atoms with Crippen LogP contribution < -0.4 is 0 Å². The molecule has 0 saturated heterocycles. The molecular weight excluding hydrogens is 318 g/mol. The molecule has 7 heteroatoms. The van der Waals surface area contributed by atoms with Crippen LogP contribution in [0.5, 0.6) is 0 Å². The molecule has 0 aromatic carbocycles. The van der Waals surface area contributed by atoms with Gasteiger partial charge in [-0.25, -0.2) is 0 Å². The zero-order valence-electron chi connectivity index (χ0n) is 15.5. The summed E-state index contributed by atoms with van der Waals surface area (Å²) in [4.78, 5) is 19.1. The number of aromatic nitrogens is 4. The molecule has 0 aliphatic heterocycles. The standard InChI is InChI=1S/C18H27N5O2/c1-5-23(10-15-19-16(25-22-15)8-11(2)3)18(24)17-13-9-12(4)6-7-14(13)20-21-17/h11-12H,5-10H2,1-4H3,(H,20,21)/t12-/m0/s1. The number of rotatable bonds is 6. The Balaban J connectivity index is 1.74. The first-order valence-electron chi connectivity index (χ1n) is 9.14. The highest BCUT2D eigenvalue weighted by atomic mass is 16.5. The minimum Gasteiger partial charge on any atom is -0.339 e. The molecule has 0 fully saturated rings. The van der Waals surface area contributed by atoms with Gasteiger partial charge in [0.15, 0.2) is 11.5 Å². The number of carbonyl (C=O) groups is 1. The zero-order chi connectivity index (χ0) is 18.0. The van der Waals surface area contributed by atoms with Crippen LogP contribution in [-0.2, 0) is 25.8 Å². The molecule has 25 heavy (non-hydrogen) atoms. The maximum absolute atomic E-state index is 13.0. The molecule has 0 saturated carbocycles. The second kappa shape index (κ2) is 7.37. The van der Waals surface area contributed by atoms with E-state index < -0.39 is 0 Å². The lowest BCUT2D eigenvalue weighted by atomic mass is 9.87. The molecule has 0 bridgehead atoms. The molecule has 2 aromatic heterocycles. The molecule has 2 heterocycles. The first-order chi connectivity index (χ1) is 12.0. The third-order valence-corrected chi connectivity index (χ3v) is 4.69.